The Hall–Kier alpha value is -2.13. The smallest absolute Gasteiger partial charge is 0.239 e. The van der Waals surface area contributed by atoms with Gasteiger partial charge in [0.25, 0.3) is 0 Å². The molecule has 3 heteroatoms. The first kappa shape index (κ1) is 13.8. The number of carbonyl (C=O) groups is 1. The zero-order valence-corrected chi connectivity index (χ0v) is 12.0. The Labute approximate surface area is 125 Å². The van der Waals surface area contributed by atoms with E-state index < -0.39 is 6.04 Å². The lowest BCUT2D eigenvalue weighted by Gasteiger charge is -2.21. The quantitative estimate of drug-likeness (QED) is 0.854. The second kappa shape index (κ2) is 5.70. The molecule has 1 atom stereocenters. The molecule has 2 aromatic rings. The van der Waals surface area contributed by atoms with E-state index in [0.29, 0.717) is 0 Å². The van der Waals surface area contributed by atoms with Crippen molar-refractivity contribution in [3.8, 4) is 0 Å². The summed E-state index contributed by atoms with van der Waals surface area (Å²) in [5.41, 5.74) is 7.99. The van der Waals surface area contributed by atoms with Crippen LogP contribution in [0.3, 0.4) is 0 Å². The van der Waals surface area contributed by atoms with Gasteiger partial charge in [0.2, 0.25) is 5.91 Å². The Bertz CT molecular complexity index is 606. The molecule has 0 radical (unpaired) electrons. The van der Waals surface area contributed by atoms with Crippen molar-refractivity contribution in [3.05, 3.63) is 71.8 Å². The number of amides is 1. The molecule has 108 valence electrons. The number of primary amides is 1. The van der Waals surface area contributed by atoms with E-state index >= 15 is 0 Å². The van der Waals surface area contributed by atoms with E-state index in [4.69, 9.17) is 5.73 Å². The Morgan fingerprint density at radius 3 is 2.14 bits per heavy atom. The molecule has 1 aliphatic rings. The maximum atomic E-state index is 11.7. The average Bonchev–Trinajstić information content (AvgIpc) is 3.30. The summed E-state index contributed by atoms with van der Waals surface area (Å²) in [7, 11) is 0. The van der Waals surface area contributed by atoms with Crippen LogP contribution in [0.25, 0.3) is 0 Å². The molecule has 2 aromatic carbocycles. The second-order valence-electron chi connectivity index (χ2n) is 5.77. The summed E-state index contributed by atoms with van der Waals surface area (Å²) in [6, 6.07) is 19.7. The lowest BCUT2D eigenvalue weighted by atomic mass is 9.95. The van der Waals surface area contributed by atoms with Crippen LogP contribution >= 0.6 is 0 Å². The highest BCUT2D eigenvalue weighted by molar-refractivity contribution is 5.81. The summed E-state index contributed by atoms with van der Waals surface area (Å²) < 4.78 is 0. The van der Waals surface area contributed by atoms with Crippen LogP contribution in [0.2, 0.25) is 0 Å². The highest BCUT2D eigenvalue weighted by Gasteiger charge is 2.44. The van der Waals surface area contributed by atoms with Crippen LogP contribution in [0.1, 0.15) is 30.0 Å². The van der Waals surface area contributed by atoms with E-state index in [0.717, 1.165) is 24.9 Å². The second-order valence-corrected chi connectivity index (χ2v) is 5.77. The fourth-order valence-corrected chi connectivity index (χ4v) is 2.84. The van der Waals surface area contributed by atoms with Crippen molar-refractivity contribution in [2.75, 3.05) is 6.54 Å². The van der Waals surface area contributed by atoms with Crippen LogP contribution in [0.5, 0.6) is 0 Å². The molecule has 3 N–H and O–H groups in total. The monoisotopic (exact) mass is 280 g/mol. The van der Waals surface area contributed by atoms with Gasteiger partial charge in [-0.15, -0.1) is 0 Å². The molecule has 0 aliphatic heterocycles. The molecular weight excluding hydrogens is 260 g/mol. The van der Waals surface area contributed by atoms with Gasteiger partial charge in [-0.05, 0) is 24.0 Å². The van der Waals surface area contributed by atoms with Gasteiger partial charge in [0, 0.05) is 12.0 Å². The van der Waals surface area contributed by atoms with Gasteiger partial charge in [-0.25, -0.2) is 0 Å². The Kier molecular flexibility index (Phi) is 3.76. The highest BCUT2D eigenvalue weighted by atomic mass is 16.1. The van der Waals surface area contributed by atoms with E-state index in [1.165, 1.54) is 5.56 Å². The summed E-state index contributed by atoms with van der Waals surface area (Å²) >= 11 is 0. The van der Waals surface area contributed by atoms with Gasteiger partial charge in [0.05, 0.1) is 0 Å². The van der Waals surface area contributed by atoms with Gasteiger partial charge in [0.15, 0.2) is 0 Å². The van der Waals surface area contributed by atoms with Crippen molar-refractivity contribution in [3.63, 3.8) is 0 Å². The largest absolute Gasteiger partial charge is 0.368 e. The number of nitrogens with two attached hydrogens (primary N) is 1. The molecule has 0 aromatic heterocycles. The van der Waals surface area contributed by atoms with Crippen molar-refractivity contribution in [1.29, 1.82) is 0 Å². The van der Waals surface area contributed by atoms with Crippen LogP contribution in [0, 0.1) is 0 Å². The van der Waals surface area contributed by atoms with E-state index in [2.05, 4.69) is 29.6 Å². The standard InChI is InChI=1S/C18H20N2O/c19-17(21)16(14-7-3-1-4-8-14)20-13-18(11-12-18)15-9-5-2-6-10-15/h1-10,16,20H,11-13H2,(H2,19,21). The molecule has 1 saturated carbocycles. The third kappa shape index (κ3) is 2.98. The van der Waals surface area contributed by atoms with E-state index in [9.17, 15) is 4.79 Å². The Morgan fingerprint density at radius 1 is 1.05 bits per heavy atom. The lowest BCUT2D eigenvalue weighted by Crippen LogP contribution is -2.38. The minimum Gasteiger partial charge on any atom is -0.368 e. The zero-order valence-electron chi connectivity index (χ0n) is 12.0. The normalized spacial score (nSPS) is 17.1. The molecule has 1 fully saturated rings. The molecular formula is C18H20N2O. The molecule has 21 heavy (non-hydrogen) atoms. The first-order chi connectivity index (χ1) is 10.2. The Morgan fingerprint density at radius 2 is 1.62 bits per heavy atom. The fourth-order valence-electron chi connectivity index (χ4n) is 2.84. The predicted molar refractivity (Wildman–Crippen MR) is 83.7 cm³/mol. The number of rotatable bonds is 6. The van der Waals surface area contributed by atoms with Crippen LogP contribution < -0.4 is 11.1 Å². The summed E-state index contributed by atoms with van der Waals surface area (Å²) in [6.07, 6.45) is 2.31. The maximum Gasteiger partial charge on any atom is 0.239 e. The molecule has 0 bridgehead atoms. The molecule has 1 amide bonds. The molecule has 1 unspecified atom stereocenters. The van der Waals surface area contributed by atoms with E-state index in [1.807, 2.05) is 36.4 Å². The van der Waals surface area contributed by atoms with Gasteiger partial charge in [-0.1, -0.05) is 60.7 Å². The molecule has 0 heterocycles. The summed E-state index contributed by atoms with van der Waals surface area (Å²) in [6.45, 7) is 0.777. The predicted octanol–water partition coefficient (Wildman–Crippen LogP) is 2.53. The van der Waals surface area contributed by atoms with Gasteiger partial charge in [-0.3, -0.25) is 4.79 Å². The van der Waals surface area contributed by atoms with E-state index in [-0.39, 0.29) is 11.3 Å². The number of hydrogen-bond donors (Lipinski definition) is 2. The van der Waals surface area contributed by atoms with Crippen LogP contribution in [-0.4, -0.2) is 12.5 Å². The molecule has 1 aliphatic carbocycles. The molecule has 3 nitrogen and oxygen atoms in total. The van der Waals surface area contributed by atoms with Crippen LogP contribution in [-0.2, 0) is 10.2 Å². The van der Waals surface area contributed by atoms with Crippen molar-refractivity contribution < 1.29 is 4.79 Å². The summed E-state index contributed by atoms with van der Waals surface area (Å²) in [5.74, 6) is -0.329. The van der Waals surface area contributed by atoms with Crippen LogP contribution in [0.4, 0.5) is 0 Å². The SMILES string of the molecule is NC(=O)C(NCC1(c2ccccc2)CC1)c1ccccc1. The summed E-state index contributed by atoms with van der Waals surface area (Å²) in [4.78, 5) is 11.7. The van der Waals surface area contributed by atoms with Crippen LogP contribution in [0.15, 0.2) is 60.7 Å². The van der Waals surface area contributed by atoms with Crippen molar-refractivity contribution in [2.45, 2.75) is 24.3 Å². The number of hydrogen-bond acceptors (Lipinski definition) is 2. The zero-order chi connectivity index (χ0) is 14.7. The maximum absolute atomic E-state index is 11.7. The first-order valence-corrected chi connectivity index (χ1v) is 7.34. The number of nitrogens with one attached hydrogen (secondary N) is 1. The van der Waals surface area contributed by atoms with E-state index in [1.54, 1.807) is 0 Å². The minimum absolute atomic E-state index is 0.170. The average molecular weight is 280 g/mol. The van der Waals surface area contributed by atoms with Crippen molar-refractivity contribution >= 4 is 5.91 Å². The molecule has 3 rings (SSSR count). The highest BCUT2D eigenvalue weighted by Crippen LogP contribution is 2.47. The first-order valence-electron chi connectivity index (χ1n) is 7.34. The van der Waals surface area contributed by atoms with Gasteiger partial charge in [-0.2, -0.15) is 0 Å². The number of benzene rings is 2. The van der Waals surface area contributed by atoms with Gasteiger partial charge < -0.3 is 11.1 Å². The van der Waals surface area contributed by atoms with Gasteiger partial charge >= 0.3 is 0 Å². The minimum atomic E-state index is -0.424. The van der Waals surface area contributed by atoms with Crippen molar-refractivity contribution in [1.82, 2.24) is 5.32 Å². The van der Waals surface area contributed by atoms with Crippen molar-refractivity contribution in [2.24, 2.45) is 5.73 Å². The number of carbonyl (C=O) groups excluding carboxylic acids is 1. The summed E-state index contributed by atoms with van der Waals surface area (Å²) in [5, 5.41) is 3.36. The topological polar surface area (TPSA) is 55.1 Å². The third-order valence-electron chi connectivity index (χ3n) is 4.30. The fraction of sp³-hybridized carbons (Fsp3) is 0.278. The third-order valence-corrected chi connectivity index (χ3v) is 4.30. The Balaban J connectivity index is 1.72. The van der Waals surface area contributed by atoms with Gasteiger partial charge in [0.1, 0.15) is 6.04 Å². The molecule has 0 saturated heterocycles. The lowest BCUT2D eigenvalue weighted by molar-refractivity contribution is -0.120. The molecule has 0 spiro atoms.